The minimum Gasteiger partial charge on any atom is -0.397 e. The van der Waals surface area contributed by atoms with Crippen LogP contribution in [0.4, 0.5) is 11.5 Å². The van der Waals surface area contributed by atoms with Gasteiger partial charge in [-0.2, -0.15) is 0 Å². The van der Waals surface area contributed by atoms with E-state index in [1.165, 1.54) is 6.07 Å². The molecule has 7 N–H and O–H groups in total. The van der Waals surface area contributed by atoms with Crippen LogP contribution in [0.25, 0.3) is 0 Å². The van der Waals surface area contributed by atoms with Crippen molar-refractivity contribution in [2.45, 2.75) is 6.42 Å². The lowest BCUT2D eigenvalue weighted by Crippen LogP contribution is -2.28. The number of hydrogen-bond acceptors (Lipinski definition) is 4. The summed E-state index contributed by atoms with van der Waals surface area (Å²) >= 11 is 0. The largest absolute Gasteiger partial charge is 0.397 e. The molecule has 0 fully saturated rings. The maximum atomic E-state index is 12.3. The van der Waals surface area contributed by atoms with Gasteiger partial charge in [-0.05, 0) is 6.07 Å². The van der Waals surface area contributed by atoms with Crippen LogP contribution in [0.15, 0.2) is 24.5 Å². The number of amides is 2. The lowest BCUT2D eigenvalue weighted by Gasteiger charge is -2.04. The smallest absolute Gasteiger partial charge is 0.267 e. The molecule has 0 radical (unpaired) electrons. The molecular formula is C15H21N7O2. The Balaban J connectivity index is 2.07. The Kier molecular flexibility index (Phi) is 4.93. The Morgan fingerprint density at radius 3 is 2.46 bits per heavy atom. The molecule has 2 amide bonds. The van der Waals surface area contributed by atoms with Gasteiger partial charge in [-0.25, -0.2) is 0 Å². The van der Waals surface area contributed by atoms with Gasteiger partial charge in [0.15, 0.2) is 0 Å². The van der Waals surface area contributed by atoms with Crippen molar-refractivity contribution >= 4 is 29.2 Å². The highest BCUT2D eigenvalue weighted by Gasteiger charge is 2.16. The maximum absolute atomic E-state index is 12.3. The van der Waals surface area contributed by atoms with Crippen molar-refractivity contribution < 1.29 is 9.59 Å². The fraction of sp³-hybridized carbons (Fsp3) is 0.267. The molecule has 0 aliphatic rings. The molecule has 0 aromatic carbocycles. The molecule has 0 aliphatic carbocycles. The van der Waals surface area contributed by atoms with Crippen LogP contribution in [0, 0.1) is 5.41 Å². The molecule has 2 aromatic rings. The van der Waals surface area contributed by atoms with Crippen molar-refractivity contribution in [1.82, 2.24) is 14.5 Å². The van der Waals surface area contributed by atoms with Crippen LogP contribution in [-0.4, -0.2) is 33.3 Å². The highest BCUT2D eigenvalue weighted by molar-refractivity contribution is 6.06. The van der Waals surface area contributed by atoms with Crippen LogP contribution >= 0.6 is 0 Å². The van der Waals surface area contributed by atoms with E-state index in [4.69, 9.17) is 16.9 Å². The van der Waals surface area contributed by atoms with Gasteiger partial charge in [-0.3, -0.25) is 15.0 Å². The van der Waals surface area contributed by atoms with E-state index in [1.54, 1.807) is 41.7 Å². The number of hydrogen-bond donors (Lipinski definition) is 5. The number of anilines is 2. The molecule has 9 nitrogen and oxygen atoms in total. The molecule has 9 heteroatoms. The molecule has 0 saturated heterocycles. The van der Waals surface area contributed by atoms with E-state index >= 15 is 0 Å². The topological polar surface area (TPSA) is 144 Å². The minimum absolute atomic E-state index is 0.00379. The molecule has 2 aromatic heterocycles. The number of aryl methyl sites for hydroxylation is 2. The van der Waals surface area contributed by atoms with Gasteiger partial charge in [0, 0.05) is 45.5 Å². The van der Waals surface area contributed by atoms with E-state index in [2.05, 4.69) is 10.6 Å². The molecule has 0 atom stereocenters. The summed E-state index contributed by atoms with van der Waals surface area (Å²) in [6.45, 7) is 0.267. The normalized spacial score (nSPS) is 10.4. The third-order valence-electron chi connectivity index (χ3n) is 3.45. The highest BCUT2D eigenvalue weighted by atomic mass is 16.2. The number of nitrogen functional groups attached to an aromatic ring is 1. The van der Waals surface area contributed by atoms with Crippen molar-refractivity contribution in [1.29, 1.82) is 5.41 Å². The molecule has 0 bridgehead atoms. The third kappa shape index (κ3) is 3.94. The average molecular weight is 331 g/mol. The zero-order valence-electron chi connectivity index (χ0n) is 13.6. The van der Waals surface area contributed by atoms with E-state index in [9.17, 15) is 9.59 Å². The number of carbonyl (C=O) groups excluding carboxylic acids is 2. The minimum atomic E-state index is -0.338. The predicted molar refractivity (Wildman–Crippen MR) is 92.1 cm³/mol. The molecule has 2 rings (SSSR count). The van der Waals surface area contributed by atoms with Gasteiger partial charge in [-0.1, -0.05) is 0 Å². The van der Waals surface area contributed by atoms with Crippen LogP contribution in [0.3, 0.4) is 0 Å². The summed E-state index contributed by atoms with van der Waals surface area (Å²) in [7, 11) is 3.45. The Hall–Kier alpha value is -3.23. The average Bonchev–Trinajstić information content (AvgIpc) is 3.01. The maximum Gasteiger partial charge on any atom is 0.267 e. The van der Waals surface area contributed by atoms with E-state index in [1.807, 2.05) is 0 Å². The molecular weight excluding hydrogens is 310 g/mol. The number of nitrogens with one attached hydrogen (secondary N) is 3. The van der Waals surface area contributed by atoms with Gasteiger partial charge in [0.2, 0.25) is 0 Å². The van der Waals surface area contributed by atoms with Crippen LogP contribution < -0.4 is 22.1 Å². The zero-order valence-corrected chi connectivity index (χ0v) is 13.6. The fourth-order valence-electron chi connectivity index (χ4n) is 2.22. The molecule has 0 saturated carbocycles. The Bertz CT molecular complexity index is 788. The molecule has 0 spiro atoms. The Morgan fingerprint density at radius 1 is 1.17 bits per heavy atom. The highest BCUT2D eigenvalue weighted by Crippen LogP contribution is 2.16. The second-order valence-electron chi connectivity index (χ2n) is 5.48. The lowest BCUT2D eigenvalue weighted by atomic mass is 10.2. The first-order valence-electron chi connectivity index (χ1n) is 7.28. The van der Waals surface area contributed by atoms with E-state index in [-0.39, 0.29) is 30.6 Å². The lowest BCUT2D eigenvalue weighted by molar-refractivity contribution is 0.0946. The fourth-order valence-corrected chi connectivity index (χ4v) is 2.22. The Labute approximate surface area is 139 Å². The first kappa shape index (κ1) is 17.1. The van der Waals surface area contributed by atoms with Crippen molar-refractivity contribution in [3.63, 3.8) is 0 Å². The van der Waals surface area contributed by atoms with E-state index in [0.717, 1.165) is 0 Å². The van der Waals surface area contributed by atoms with Crippen molar-refractivity contribution in [2.24, 2.45) is 19.8 Å². The number of nitrogens with two attached hydrogens (primary N) is 2. The van der Waals surface area contributed by atoms with E-state index in [0.29, 0.717) is 22.8 Å². The summed E-state index contributed by atoms with van der Waals surface area (Å²) in [5.41, 5.74) is 12.2. The van der Waals surface area contributed by atoms with Gasteiger partial charge in [0.1, 0.15) is 11.5 Å². The summed E-state index contributed by atoms with van der Waals surface area (Å²) < 4.78 is 3.27. The molecule has 2 heterocycles. The van der Waals surface area contributed by atoms with Gasteiger partial charge < -0.3 is 31.2 Å². The summed E-state index contributed by atoms with van der Waals surface area (Å²) in [6, 6.07) is 3.15. The summed E-state index contributed by atoms with van der Waals surface area (Å²) in [4.78, 5) is 24.4. The third-order valence-corrected chi connectivity index (χ3v) is 3.45. The number of nitrogens with zero attached hydrogens (tertiary/aromatic N) is 2. The number of amidine groups is 1. The predicted octanol–water partition coefficient (Wildman–Crippen LogP) is 0.254. The summed E-state index contributed by atoms with van der Waals surface area (Å²) in [5, 5.41) is 12.5. The van der Waals surface area contributed by atoms with Crippen LogP contribution in [0.5, 0.6) is 0 Å². The standard InChI is InChI=1S/C15H21N7O2/c1-21-7-9(5-11(21)15(24)19-4-3-12(17)18)14(23)20-13-6-10(16)8-22(13)2/h5-8H,3-4,16H2,1-2H3,(H3,17,18)(H,19,24)(H,20,23). The van der Waals surface area contributed by atoms with Gasteiger partial charge in [0.25, 0.3) is 11.8 Å². The van der Waals surface area contributed by atoms with Crippen molar-refractivity contribution in [2.75, 3.05) is 17.6 Å². The van der Waals surface area contributed by atoms with Crippen molar-refractivity contribution in [3.05, 3.63) is 35.8 Å². The first-order chi connectivity index (χ1) is 11.3. The zero-order chi connectivity index (χ0) is 17.9. The summed E-state index contributed by atoms with van der Waals surface area (Å²) in [6.07, 6.45) is 3.54. The molecule has 128 valence electrons. The quantitative estimate of drug-likeness (QED) is 0.382. The molecule has 0 unspecified atom stereocenters. The molecule has 0 aliphatic heterocycles. The van der Waals surface area contributed by atoms with Gasteiger partial charge >= 0.3 is 0 Å². The van der Waals surface area contributed by atoms with Gasteiger partial charge in [0.05, 0.1) is 17.1 Å². The van der Waals surface area contributed by atoms with E-state index < -0.39 is 0 Å². The van der Waals surface area contributed by atoms with Gasteiger partial charge in [-0.15, -0.1) is 0 Å². The monoisotopic (exact) mass is 331 g/mol. The number of aromatic nitrogens is 2. The Morgan fingerprint density at radius 2 is 1.88 bits per heavy atom. The summed E-state index contributed by atoms with van der Waals surface area (Å²) in [5.74, 6) is -0.103. The SMILES string of the molecule is Cn1cc(N)cc1NC(=O)c1cc(C(=O)NCCC(=N)N)n(C)c1. The second-order valence-corrected chi connectivity index (χ2v) is 5.48. The molecule has 24 heavy (non-hydrogen) atoms. The van der Waals surface area contributed by atoms with Crippen LogP contribution in [-0.2, 0) is 14.1 Å². The van der Waals surface area contributed by atoms with Crippen LogP contribution in [0.1, 0.15) is 27.3 Å². The number of rotatable bonds is 6. The first-order valence-corrected chi connectivity index (χ1v) is 7.28. The van der Waals surface area contributed by atoms with Crippen LogP contribution in [0.2, 0.25) is 0 Å². The van der Waals surface area contributed by atoms with Crippen molar-refractivity contribution in [3.8, 4) is 0 Å². The second kappa shape index (κ2) is 6.90. The number of carbonyl (C=O) groups is 2.